The van der Waals surface area contributed by atoms with Crippen molar-refractivity contribution in [2.24, 2.45) is 0 Å². The van der Waals surface area contributed by atoms with Crippen LogP contribution < -0.4 is 10.5 Å². The molecule has 0 bridgehead atoms. The second-order valence-corrected chi connectivity index (χ2v) is 6.22. The summed E-state index contributed by atoms with van der Waals surface area (Å²) in [5.41, 5.74) is 6.99. The summed E-state index contributed by atoms with van der Waals surface area (Å²) >= 11 is 0. The Hall–Kier alpha value is -2.35. The maximum absolute atomic E-state index is 12.1. The van der Waals surface area contributed by atoms with Gasteiger partial charge in [-0.3, -0.25) is 4.79 Å². The van der Waals surface area contributed by atoms with E-state index in [0.29, 0.717) is 11.3 Å². The van der Waals surface area contributed by atoms with E-state index < -0.39 is 15.9 Å². The largest absolute Gasteiger partial charge is 0.399 e. The lowest BCUT2D eigenvalue weighted by atomic mass is 10.1. The highest BCUT2D eigenvalue weighted by atomic mass is 32.2. The third kappa shape index (κ3) is 3.40. The summed E-state index contributed by atoms with van der Waals surface area (Å²) in [6.07, 6.45) is -0.0666. The average molecular weight is 309 g/mol. The van der Waals surface area contributed by atoms with Crippen molar-refractivity contribution in [1.29, 1.82) is 0 Å². The van der Waals surface area contributed by atoms with Crippen LogP contribution in [0.25, 0.3) is 0 Å². The number of carbonyl (C=O) groups excluding carboxylic acids is 1. The molecule has 0 unspecified atom stereocenters. The fourth-order valence-electron chi connectivity index (χ4n) is 1.92. The van der Waals surface area contributed by atoms with Gasteiger partial charge in [-0.15, -0.1) is 0 Å². The Morgan fingerprint density at radius 1 is 1.29 bits per heavy atom. The number of hydrogen-bond donors (Lipinski definition) is 2. The Labute approximate surface area is 122 Å². The van der Waals surface area contributed by atoms with Gasteiger partial charge in [-0.2, -0.15) is 0 Å². The maximum atomic E-state index is 12.1. The Morgan fingerprint density at radius 2 is 1.90 bits per heavy atom. The minimum Gasteiger partial charge on any atom is -0.399 e. The third-order valence-electron chi connectivity index (χ3n) is 2.83. The average Bonchev–Trinajstić information content (AvgIpc) is 2.71. The molecular formula is C13H15N3O4S. The Balaban J connectivity index is 2.14. The number of rotatable bonds is 4. The predicted octanol–water partition coefficient (Wildman–Crippen LogP) is 0.921. The first kappa shape index (κ1) is 15.0. The van der Waals surface area contributed by atoms with Gasteiger partial charge in [0.15, 0.2) is 10.7 Å². The van der Waals surface area contributed by atoms with E-state index in [9.17, 15) is 13.2 Å². The molecule has 0 saturated heterocycles. The number of nitrogens with two attached hydrogens (primary N) is 1. The van der Waals surface area contributed by atoms with Crippen LogP contribution in [0.1, 0.15) is 17.0 Å². The van der Waals surface area contributed by atoms with Gasteiger partial charge in [0, 0.05) is 5.69 Å². The van der Waals surface area contributed by atoms with Crippen LogP contribution in [0.15, 0.2) is 33.7 Å². The van der Waals surface area contributed by atoms with Crippen LogP contribution in [0.5, 0.6) is 0 Å². The zero-order valence-electron chi connectivity index (χ0n) is 11.6. The molecule has 1 aromatic heterocycles. The molecule has 1 amide bonds. The topological polar surface area (TPSA) is 115 Å². The molecule has 0 aliphatic carbocycles. The summed E-state index contributed by atoms with van der Waals surface area (Å²) in [6, 6.07) is 6.62. The number of nitrogen functional groups attached to an aromatic ring is 1. The number of benzene rings is 1. The standard InChI is InChI=1S/C13H15N3O4S/c1-8-13(9(2)20-15-8)21(18,19)16-12(17)7-10-3-5-11(14)6-4-10/h3-6H,7,14H2,1-2H3,(H,16,17). The Morgan fingerprint density at radius 3 is 2.43 bits per heavy atom. The summed E-state index contributed by atoms with van der Waals surface area (Å²) in [4.78, 5) is 11.8. The third-order valence-corrected chi connectivity index (χ3v) is 4.45. The lowest BCUT2D eigenvalue weighted by molar-refractivity contribution is -0.118. The molecule has 112 valence electrons. The van der Waals surface area contributed by atoms with Gasteiger partial charge in [0.2, 0.25) is 5.91 Å². The number of carbonyl (C=O) groups is 1. The number of nitrogens with zero attached hydrogens (tertiary/aromatic N) is 1. The molecular weight excluding hydrogens is 294 g/mol. The highest BCUT2D eigenvalue weighted by Gasteiger charge is 2.26. The SMILES string of the molecule is Cc1noc(C)c1S(=O)(=O)NC(=O)Cc1ccc(N)cc1. The number of amides is 1. The molecule has 8 heteroatoms. The second-order valence-electron chi connectivity index (χ2n) is 4.60. The van der Waals surface area contributed by atoms with Crippen molar-refractivity contribution < 1.29 is 17.7 Å². The van der Waals surface area contributed by atoms with Crippen LogP contribution in [0, 0.1) is 13.8 Å². The molecule has 1 heterocycles. The first-order valence-electron chi connectivity index (χ1n) is 6.12. The van der Waals surface area contributed by atoms with Gasteiger partial charge in [0.25, 0.3) is 10.0 Å². The van der Waals surface area contributed by atoms with Crippen LogP contribution in [0.2, 0.25) is 0 Å². The molecule has 0 aliphatic heterocycles. The predicted molar refractivity (Wildman–Crippen MR) is 75.9 cm³/mol. The first-order valence-corrected chi connectivity index (χ1v) is 7.61. The van der Waals surface area contributed by atoms with Gasteiger partial charge in [-0.1, -0.05) is 17.3 Å². The van der Waals surface area contributed by atoms with E-state index in [-0.39, 0.29) is 22.8 Å². The van der Waals surface area contributed by atoms with E-state index in [0.717, 1.165) is 0 Å². The van der Waals surface area contributed by atoms with Crippen LogP contribution in [-0.4, -0.2) is 19.5 Å². The summed E-state index contributed by atoms with van der Waals surface area (Å²) in [7, 11) is -3.99. The molecule has 0 spiro atoms. The number of aryl methyl sites for hydroxylation is 2. The minimum atomic E-state index is -3.99. The molecule has 3 N–H and O–H groups in total. The van der Waals surface area contributed by atoms with Crippen molar-refractivity contribution in [3.63, 3.8) is 0 Å². The van der Waals surface area contributed by atoms with Gasteiger partial charge in [0.1, 0.15) is 5.69 Å². The van der Waals surface area contributed by atoms with Crippen molar-refractivity contribution in [2.45, 2.75) is 25.2 Å². The molecule has 2 aromatic rings. The maximum Gasteiger partial charge on any atom is 0.269 e. The normalized spacial score (nSPS) is 11.3. The lowest BCUT2D eigenvalue weighted by Gasteiger charge is -2.06. The summed E-state index contributed by atoms with van der Waals surface area (Å²) in [6.45, 7) is 2.97. The van der Waals surface area contributed by atoms with E-state index in [1.165, 1.54) is 13.8 Å². The van der Waals surface area contributed by atoms with E-state index in [2.05, 4.69) is 5.16 Å². The van der Waals surface area contributed by atoms with Crippen LogP contribution >= 0.6 is 0 Å². The van der Waals surface area contributed by atoms with Crippen molar-refractivity contribution in [3.05, 3.63) is 41.3 Å². The zero-order valence-corrected chi connectivity index (χ0v) is 12.4. The highest BCUT2D eigenvalue weighted by Crippen LogP contribution is 2.18. The van der Waals surface area contributed by atoms with Gasteiger partial charge in [-0.05, 0) is 31.5 Å². The lowest BCUT2D eigenvalue weighted by Crippen LogP contribution is -2.32. The first-order chi connectivity index (χ1) is 9.79. The van der Waals surface area contributed by atoms with E-state index >= 15 is 0 Å². The number of nitrogens with one attached hydrogen (secondary N) is 1. The van der Waals surface area contributed by atoms with Gasteiger partial charge < -0.3 is 10.3 Å². The molecule has 0 saturated carbocycles. The number of sulfonamides is 1. The molecule has 0 fully saturated rings. The smallest absolute Gasteiger partial charge is 0.269 e. The zero-order chi connectivity index (χ0) is 15.6. The van der Waals surface area contributed by atoms with Crippen molar-refractivity contribution >= 4 is 21.6 Å². The van der Waals surface area contributed by atoms with Crippen molar-refractivity contribution in [3.8, 4) is 0 Å². The van der Waals surface area contributed by atoms with Crippen LogP contribution in [0.4, 0.5) is 5.69 Å². The number of aromatic nitrogens is 1. The van der Waals surface area contributed by atoms with E-state index in [1.54, 1.807) is 24.3 Å². The van der Waals surface area contributed by atoms with Gasteiger partial charge >= 0.3 is 0 Å². The molecule has 0 aliphatic rings. The number of hydrogen-bond acceptors (Lipinski definition) is 6. The summed E-state index contributed by atoms with van der Waals surface area (Å²) in [5.74, 6) is -0.500. The second kappa shape index (κ2) is 5.57. The summed E-state index contributed by atoms with van der Waals surface area (Å²) < 4.78 is 31.1. The minimum absolute atomic E-state index is 0.0666. The highest BCUT2D eigenvalue weighted by molar-refractivity contribution is 7.90. The van der Waals surface area contributed by atoms with Crippen molar-refractivity contribution in [2.75, 3.05) is 5.73 Å². The van der Waals surface area contributed by atoms with Crippen LogP contribution in [0.3, 0.4) is 0 Å². The van der Waals surface area contributed by atoms with Gasteiger partial charge in [0.05, 0.1) is 6.42 Å². The number of anilines is 1. The fraction of sp³-hybridized carbons (Fsp3) is 0.231. The Kier molecular flexibility index (Phi) is 3.99. The molecule has 21 heavy (non-hydrogen) atoms. The molecule has 2 rings (SSSR count). The van der Waals surface area contributed by atoms with Crippen molar-refractivity contribution in [1.82, 2.24) is 9.88 Å². The molecule has 7 nitrogen and oxygen atoms in total. The molecule has 0 radical (unpaired) electrons. The molecule has 0 atom stereocenters. The van der Waals surface area contributed by atoms with E-state index in [1.807, 2.05) is 4.72 Å². The van der Waals surface area contributed by atoms with Gasteiger partial charge in [-0.25, -0.2) is 13.1 Å². The quantitative estimate of drug-likeness (QED) is 0.811. The Bertz CT molecular complexity index is 744. The fourth-order valence-corrected chi connectivity index (χ4v) is 3.23. The molecule has 1 aromatic carbocycles. The van der Waals surface area contributed by atoms with E-state index in [4.69, 9.17) is 10.3 Å². The monoisotopic (exact) mass is 309 g/mol. The van der Waals surface area contributed by atoms with Crippen LogP contribution in [-0.2, 0) is 21.2 Å². The summed E-state index contributed by atoms with van der Waals surface area (Å²) in [5, 5.41) is 3.56.